The monoisotopic (exact) mass is 196 g/mol. The highest BCUT2D eigenvalue weighted by Crippen LogP contribution is 2.35. The fraction of sp³-hybridized carbons (Fsp3) is 0.833. The zero-order valence-electron chi connectivity index (χ0n) is 9.23. The summed E-state index contributed by atoms with van der Waals surface area (Å²) in [6.45, 7) is 6.06. The summed E-state index contributed by atoms with van der Waals surface area (Å²) < 4.78 is 5.52. The number of terminal acetylenes is 1. The van der Waals surface area contributed by atoms with Crippen LogP contribution in [0.15, 0.2) is 0 Å². The van der Waals surface area contributed by atoms with E-state index in [-0.39, 0.29) is 30.1 Å². The Bertz CT molecular complexity index is 219. The van der Waals surface area contributed by atoms with Crippen molar-refractivity contribution in [2.45, 2.75) is 51.9 Å². The van der Waals surface area contributed by atoms with Crippen LogP contribution < -0.4 is 0 Å². The Morgan fingerprint density at radius 1 is 1.50 bits per heavy atom. The molecule has 14 heavy (non-hydrogen) atoms. The van der Waals surface area contributed by atoms with E-state index in [1.165, 1.54) is 0 Å². The summed E-state index contributed by atoms with van der Waals surface area (Å²) in [7, 11) is 0. The highest BCUT2D eigenvalue weighted by atomic mass is 16.6. The standard InChI is InChI=1S/C12H20O2/c1-5-8(3)7-11-12(14-11)9(4)10(13)6-2/h1,8-13H,6-7H2,2-4H3/t8-,9-,10+,11-,12-/m1/s1. The molecule has 0 aromatic carbocycles. The van der Waals surface area contributed by atoms with E-state index in [0.29, 0.717) is 0 Å². The molecule has 1 rings (SSSR count). The molecule has 5 atom stereocenters. The van der Waals surface area contributed by atoms with Gasteiger partial charge in [0.15, 0.2) is 0 Å². The first kappa shape index (κ1) is 11.6. The third-order valence-electron chi connectivity index (χ3n) is 3.04. The second kappa shape index (κ2) is 4.82. The van der Waals surface area contributed by atoms with Gasteiger partial charge in [-0.2, -0.15) is 0 Å². The van der Waals surface area contributed by atoms with Crippen LogP contribution in [0.25, 0.3) is 0 Å². The number of hydrogen-bond donors (Lipinski definition) is 1. The second-order valence-corrected chi connectivity index (χ2v) is 4.28. The average molecular weight is 196 g/mol. The van der Waals surface area contributed by atoms with Gasteiger partial charge in [-0.15, -0.1) is 12.3 Å². The van der Waals surface area contributed by atoms with Crippen molar-refractivity contribution in [2.24, 2.45) is 11.8 Å². The normalized spacial score (nSPS) is 31.6. The fourth-order valence-electron chi connectivity index (χ4n) is 1.82. The molecule has 1 aliphatic heterocycles. The van der Waals surface area contributed by atoms with E-state index in [2.05, 4.69) is 5.92 Å². The molecule has 1 aliphatic rings. The highest BCUT2D eigenvalue weighted by molar-refractivity contribution is 4.98. The minimum atomic E-state index is -0.244. The van der Waals surface area contributed by atoms with Crippen molar-refractivity contribution in [3.05, 3.63) is 0 Å². The smallest absolute Gasteiger partial charge is 0.0892 e. The van der Waals surface area contributed by atoms with Crippen LogP contribution in [0.3, 0.4) is 0 Å². The first-order chi connectivity index (χ1) is 6.60. The number of aliphatic hydroxyl groups excluding tert-OH is 1. The maximum atomic E-state index is 9.63. The molecular formula is C12H20O2. The lowest BCUT2D eigenvalue weighted by molar-refractivity contribution is 0.0953. The molecule has 0 aromatic rings. The fourth-order valence-corrected chi connectivity index (χ4v) is 1.82. The lowest BCUT2D eigenvalue weighted by Gasteiger charge is -2.14. The lowest BCUT2D eigenvalue weighted by atomic mass is 9.94. The summed E-state index contributed by atoms with van der Waals surface area (Å²) in [5.74, 6) is 3.20. The molecule has 1 heterocycles. The Balaban J connectivity index is 2.29. The summed E-state index contributed by atoms with van der Waals surface area (Å²) in [5.41, 5.74) is 0. The van der Waals surface area contributed by atoms with Gasteiger partial charge in [0, 0.05) is 11.8 Å². The van der Waals surface area contributed by atoms with E-state index < -0.39 is 0 Å². The van der Waals surface area contributed by atoms with Gasteiger partial charge < -0.3 is 9.84 Å². The van der Waals surface area contributed by atoms with Crippen molar-refractivity contribution in [1.29, 1.82) is 0 Å². The minimum absolute atomic E-state index is 0.223. The van der Waals surface area contributed by atoms with E-state index in [1.807, 2.05) is 20.8 Å². The van der Waals surface area contributed by atoms with Gasteiger partial charge in [-0.25, -0.2) is 0 Å². The molecule has 2 nitrogen and oxygen atoms in total. The Morgan fingerprint density at radius 2 is 2.14 bits per heavy atom. The summed E-state index contributed by atoms with van der Waals surface area (Å²) in [4.78, 5) is 0. The molecule has 0 unspecified atom stereocenters. The van der Waals surface area contributed by atoms with Crippen LogP contribution in [0.2, 0.25) is 0 Å². The van der Waals surface area contributed by atoms with Gasteiger partial charge in [-0.05, 0) is 12.8 Å². The molecule has 0 saturated carbocycles. The molecule has 0 bridgehead atoms. The van der Waals surface area contributed by atoms with Crippen molar-refractivity contribution < 1.29 is 9.84 Å². The average Bonchev–Trinajstić information content (AvgIpc) is 2.94. The molecule has 0 amide bonds. The molecule has 0 radical (unpaired) electrons. The van der Waals surface area contributed by atoms with E-state index in [9.17, 15) is 5.11 Å². The van der Waals surface area contributed by atoms with Gasteiger partial charge in [-0.1, -0.05) is 20.8 Å². The number of hydrogen-bond acceptors (Lipinski definition) is 2. The third-order valence-corrected chi connectivity index (χ3v) is 3.04. The minimum Gasteiger partial charge on any atom is -0.393 e. The SMILES string of the molecule is C#C[C@@H](C)C[C@H]1O[C@@H]1[C@H](C)[C@@H](O)CC. The molecule has 1 saturated heterocycles. The van der Waals surface area contributed by atoms with Crippen LogP contribution >= 0.6 is 0 Å². The Morgan fingerprint density at radius 3 is 2.64 bits per heavy atom. The molecule has 1 fully saturated rings. The molecule has 0 aromatic heterocycles. The summed E-state index contributed by atoms with van der Waals surface area (Å²) in [6, 6.07) is 0. The highest BCUT2D eigenvalue weighted by Gasteiger charge is 2.44. The van der Waals surface area contributed by atoms with Gasteiger partial charge >= 0.3 is 0 Å². The molecule has 2 heteroatoms. The second-order valence-electron chi connectivity index (χ2n) is 4.28. The maximum Gasteiger partial charge on any atom is 0.0892 e. The third kappa shape index (κ3) is 2.73. The molecule has 0 spiro atoms. The molecule has 80 valence electrons. The number of rotatable bonds is 5. The van der Waals surface area contributed by atoms with Crippen LogP contribution in [0.4, 0.5) is 0 Å². The Labute approximate surface area is 86.7 Å². The summed E-state index contributed by atoms with van der Waals surface area (Å²) in [5, 5.41) is 9.63. The first-order valence-electron chi connectivity index (χ1n) is 5.39. The van der Waals surface area contributed by atoms with Crippen molar-refractivity contribution in [2.75, 3.05) is 0 Å². The lowest BCUT2D eigenvalue weighted by Crippen LogP contribution is -2.23. The quantitative estimate of drug-likeness (QED) is 0.537. The number of ether oxygens (including phenoxy) is 1. The van der Waals surface area contributed by atoms with E-state index in [4.69, 9.17) is 11.2 Å². The largest absolute Gasteiger partial charge is 0.393 e. The van der Waals surface area contributed by atoms with Crippen LogP contribution in [-0.4, -0.2) is 23.4 Å². The topological polar surface area (TPSA) is 32.8 Å². The van der Waals surface area contributed by atoms with Gasteiger partial charge in [0.25, 0.3) is 0 Å². The van der Waals surface area contributed by atoms with Crippen LogP contribution in [0, 0.1) is 24.2 Å². The summed E-state index contributed by atoms with van der Waals surface area (Å²) >= 11 is 0. The van der Waals surface area contributed by atoms with Gasteiger partial charge in [0.05, 0.1) is 18.3 Å². The van der Waals surface area contributed by atoms with E-state index in [1.54, 1.807) is 0 Å². The van der Waals surface area contributed by atoms with Crippen LogP contribution in [-0.2, 0) is 4.74 Å². The number of aliphatic hydroxyl groups is 1. The zero-order chi connectivity index (χ0) is 10.7. The predicted octanol–water partition coefficient (Wildman–Crippen LogP) is 1.82. The first-order valence-corrected chi connectivity index (χ1v) is 5.39. The van der Waals surface area contributed by atoms with Crippen molar-refractivity contribution in [1.82, 2.24) is 0 Å². The van der Waals surface area contributed by atoms with Gasteiger partial charge in [-0.3, -0.25) is 0 Å². The Kier molecular flexibility index (Phi) is 3.97. The predicted molar refractivity (Wildman–Crippen MR) is 56.7 cm³/mol. The molecule has 0 aliphatic carbocycles. The Hall–Kier alpha value is -0.520. The maximum absolute atomic E-state index is 9.63. The molecular weight excluding hydrogens is 176 g/mol. The van der Waals surface area contributed by atoms with Gasteiger partial charge in [0.1, 0.15) is 0 Å². The molecule has 1 N–H and O–H groups in total. The van der Waals surface area contributed by atoms with Gasteiger partial charge in [0.2, 0.25) is 0 Å². The zero-order valence-corrected chi connectivity index (χ0v) is 9.23. The van der Waals surface area contributed by atoms with E-state index >= 15 is 0 Å². The van der Waals surface area contributed by atoms with E-state index in [0.717, 1.165) is 12.8 Å². The van der Waals surface area contributed by atoms with Crippen molar-refractivity contribution in [3.63, 3.8) is 0 Å². The van der Waals surface area contributed by atoms with Crippen molar-refractivity contribution in [3.8, 4) is 12.3 Å². The van der Waals surface area contributed by atoms with Crippen molar-refractivity contribution >= 4 is 0 Å². The number of epoxide rings is 1. The summed E-state index contributed by atoms with van der Waals surface area (Å²) in [6.07, 6.45) is 7.26. The van der Waals surface area contributed by atoms with Crippen LogP contribution in [0.5, 0.6) is 0 Å². The van der Waals surface area contributed by atoms with Crippen LogP contribution in [0.1, 0.15) is 33.6 Å².